The Morgan fingerprint density at radius 3 is 1.64 bits per heavy atom. The van der Waals surface area contributed by atoms with E-state index in [0.29, 0.717) is 23.0 Å². The molecule has 1 aliphatic rings. The molecule has 42 heavy (non-hydrogen) atoms. The van der Waals surface area contributed by atoms with E-state index >= 15 is 0 Å². The number of carbonyl (C=O) groups excluding carboxylic acids is 2. The summed E-state index contributed by atoms with van der Waals surface area (Å²) in [5.41, 5.74) is 2.97. The lowest BCUT2D eigenvalue weighted by molar-refractivity contribution is -0.129. The molecule has 0 N–H and O–H groups in total. The van der Waals surface area contributed by atoms with E-state index < -0.39 is 11.9 Å². The van der Waals surface area contributed by atoms with Gasteiger partial charge in [0.15, 0.2) is 0 Å². The normalized spacial score (nSPS) is 12.3. The van der Waals surface area contributed by atoms with E-state index in [1.165, 1.54) is 0 Å². The molecule has 0 saturated carbocycles. The van der Waals surface area contributed by atoms with E-state index in [4.69, 9.17) is 14.2 Å². The Hall–Kier alpha value is -5.68. The first-order valence-electron chi connectivity index (χ1n) is 13.5. The summed E-state index contributed by atoms with van der Waals surface area (Å²) in [5, 5.41) is 6.01. The Labute approximate surface area is 241 Å². The van der Waals surface area contributed by atoms with Crippen LogP contribution < -0.4 is 14.2 Å². The Morgan fingerprint density at radius 2 is 1.10 bits per heavy atom. The quantitative estimate of drug-likeness (QED) is 0.122. The fourth-order valence-corrected chi connectivity index (χ4v) is 5.80. The number of benzene rings is 6. The van der Waals surface area contributed by atoms with E-state index in [9.17, 15) is 9.59 Å². The van der Waals surface area contributed by atoms with Gasteiger partial charge in [-0.25, -0.2) is 9.59 Å². The van der Waals surface area contributed by atoms with Crippen molar-refractivity contribution in [2.75, 3.05) is 0 Å². The molecule has 0 amide bonds. The van der Waals surface area contributed by atoms with Crippen LogP contribution in [0.2, 0.25) is 0 Å². The lowest BCUT2D eigenvalue weighted by Gasteiger charge is -2.31. The number of hydrogen-bond donors (Lipinski definition) is 0. The van der Waals surface area contributed by atoms with Crippen LogP contribution in [0.25, 0.3) is 32.3 Å². The average molecular weight is 549 g/mol. The zero-order valence-electron chi connectivity index (χ0n) is 22.5. The number of fused-ring (bicyclic) bond motifs is 7. The van der Waals surface area contributed by atoms with Gasteiger partial charge < -0.3 is 14.2 Å². The lowest BCUT2D eigenvalue weighted by atomic mass is 9.78. The van der Waals surface area contributed by atoms with Crippen LogP contribution in [0.15, 0.2) is 128 Å². The first kappa shape index (κ1) is 25.3. The van der Waals surface area contributed by atoms with E-state index in [0.717, 1.165) is 61.2 Å². The van der Waals surface area contributed by atoms with Crippen LogP contribution in [0.5, 0.6) is 23.0 Å². The van der Waals surface area contributed by atoms with Gasteiger partial charge in [0.05, 0.1) is 0 Å². The van der Waals surface area contributed by atoms with E-state index in [1.807, 2.05) is 60.7 Å². The molecular weight excluding hydrogens is 524 g/mol. The Kier molecular flexibility index (Phi) is 6.06. The van der Waals surface area contributed by atoms with Crippen LogP contribution in [0, 0.1) is 0 Å². The van der Waals surface area contributed by atoms with Gasteiger partial charge in [-0.05, 0) is 74.3 Å². The van der Waals surface area contributed by atoms with Gasteiger partial charge in [0, 0.05) is 29.2 Å². The summed E-state index contributed by atoms with van der Waals surface area (Å²) in [7, 11) is 0. The van der Waals surface area contributed by atoms with Gasteiger partial charge in [-0.1, -0.05) is 79.9 Å². The first-order valence-corrected chi connectivity index (χ1v) is 13.5. The van der Waals surface area contributed by atoms with Gasteiger partial charge in [0.25, 0.3) is 0 Å². The summed E-state index contributed by atoms with van der Waals surface area (Å²) in [6, 6.07) is 33.9. The molecule has 7 rings (SSSR count). The topological polar surface area (TPSA) is 61.8 Å². The molecular formula is C37H24O5. The third kappa shape index (κ3) is 4.28. The standard InChI is InChI=1S/C37H24O5/c1-3-33(38)40-27-15-11-23-13-17-31-36(29(23)20-27)35(26-10-9-22-7-5-6-8-25(22)19-26)37-30-21-28(41-34(39)4-2)16-12-24(30)14-18-32(37)42-31/h3-21,35H,1-2H2. The van der Waals surface area contributed by atoms with Crippen molar-refractivity contribution in [2.24, 2.45) is 0 Å². The molecule has 0 aliphatic carbocycles. The van der Waals surface area contributed by atoms with Crippen molar-refractivity contribution < 1.29 is 23.8 Å². The van der Waals surface area contributed by atoms with Crippen LogP contribution in [-0.2, 0) is 9.59 Å². The van der Waals surface area contributed by atoms with E-state index in [1.54, 1.807) is 12.1 Å². The summed E-state index contributed by atoms with van der Waals surface area (Å²) >= 11 is 0. The summed E-state index contributed by atoms with van der Waals surface area (Å²) in [6.45, 7) is 7.04. The van der Waals surface area contributed by atoms with Gasteiger partial charge in [-0.2, -0.15) is 0 Å². The highest BCUT2D eigenvalue weighted by molar-refractivity contribution is 5.97. The van der Waals surface area contributed by atoms with Crippen LogP contribution in [-0.4, -0.2) is 11.9 Å². The SMILES string of the molecule is C=CC(=O)Oc1ccc2ccc3c(c2c1)C(c1ccc2ccccc2c1)c1c(ccc2ccc(OC(=O)C=C)cc12)O3. The van der Waals surface area contributed by atoms with Gasteiger partial charge in [0.2, 0.25) is 0 Å². The zero-order valence-corrected chi connectivity index (χ0v) is 22.5. The minimum Gasteiger partial charge on any atom is -0.457 e. The smallest absolute Gasteiger partial charge is 0.335 e. The molecule has 0 atom stereocenters. The Morgan fingerprint density at radius 1 is 0.595 bits per heavy atom. The Balaban J connectivity index is 1.53. The van der Waals surface area contributed by atoms with Crippen molar-refractivity contribution in [3.63, 3.8) is 0 Å². The minimum absolute atomic E-state index is 0.253. The van der Waals surface area contributed by atoms with Crippen molar-refractivity contribution in [2.45, 2.75) is 5.92 Å². The number of hydrogen-bond acceptors (Lipinski definition) is 5. The zero-order chi connectivity index (χ0) is 28.8. The highest BCUT2D eigenvalue weighted by atomic mass is 16.5. The van der Waals surface area contributed by atoms with E-state index in [-0.39, 0.29) is 5.92 Å². The average Bonchev–Trinajstić information content (AvgIpc) is 3.03. The maximum Gasteiger partial charge on any atom is 0.335 e. The molecule has 0 bridgehead atoms. The molecule has 0 saturated heterocycles. The highest BCUT2D eigenvalue weighted by Crippen LogP contribution is 2.53. The maximum absolute atomic E-state index is 12.0. The second-order valence-corrected chi connectivity index (χ2v) is 10.1. The first-order chi connectivity index (χ1) is 20.5. The molecule has 0 unspecified atom stereocenters. The summed E-state index contributed by atoms with van der Waals surface area (Å²) in [4.78, 5) is 24.1. The predicted octanol–water partition coefficient (Wildman–Crippen LogP) is 8.61. The van der Waals surface area contributed by atoms with Crippen LogP contribution in [0.3, 0.4) is 0 Å². The molecule has 1 heterocycles. The fourth-order valence-electron chi connectivity index (χ4n) is 5.80. The summed E-state index contributed by atoms with van der Waals surface area (Å²) in [6.07, 6.45) is 2.29. The second kappa shape index (κ2) is 10.1. The number of esters is 2. The van der Waals surface area contributed by atoms with Crippen molar-refractivity contribution in [1.29, 1.82) is 0 Å². The molecule has 0 radical (unpaired) electrons. The van der Waals surface area contributed by atoms with Crippen LogP contribution >= 0.6 is 0 Å². The van der Waals surface area contributed by atoms with Gasteiger partial charge in [-0.15, -0.1) is 0 Å². The molecule has 0 spiro atoms. The molecule has 5 nitrogen and oxygen atoms in total. The molecule has 0 aromatic heterocycles. The molecule has 202 valence electrons. The van der Waals surface area contributed by atoms with Crippen LogP contribution in [0.1, 0.15) is 22.6 Å². The predicted molar refractivity (Wildman–Crippen MR) is 165 cm³/mol. The molecule has 0 fully saturated rings. The highest BCUT2D eigenvalue weighted by Gasteiger charge is 2.32. The van der Waals surface area contributed by atoms with Gasteiger partial charge >= 0.3 is 11.9 Å². The number of rotatable bonds is 5. The van der Waals surface area contributed by atoms with Gasteiger partial charge in [0.1, 0.15) is 23.0 Å². The second-order valence-electron chi connectivity index (χ2n) is 10.1. The molecule has 6 aromatic rings. The van der Waals surface area contributed by atoms with Crippen molar-refractivity contribution in [3.05, 3.63) is 145 Å². The largest absolute Gasteiger partial charge is 0.457 e. The molecule has 1 aliphatic heterocycles. The van der Waals surface area contributed by atoms with Crippen molar-refractivity contribution in [3.8, 4) is 23.0 Å². The van der Waals surface area contributed by atoms with Crippen molar-refractivity contribution in [1.82, 2.24) is 0 Å². The van der Waals surface area contributed by atoms with E-state index in [2.05, 4.69) is 43.5 Å². The van der Waals surface area contributed by atoms with Crippen molar-refractivity contribution >= 4 is 44.3 Å². The monoisotopic (exact) mass is 548 g/mol. The fraction of sp³-hybridized carbons (Fsp3) is 0.0270. The molecule has 5 heteroatoms. The third-order valence-corrected chi connectivity index (χ3v) is 7.66. The third-order valence-electron chi connectivity index (χ3n) is 7.66. The minimum atomic E-state index is -0.528. The Bertz CT molecular complexity index is 1990. The number of ether oxygens (including phenoxy) is 3. The molecule has 6 aromatic carbocycles. The van der Waals surface area contributed by atoms with Crippen LogP contribution in [0.4, 0.5) is 0 Å². The van der Waals surface area contributed by atoms with Gasteiger partial charge in [-0.3, -0.25) is 0 Å². The lowest BCUT2D eigenvalue weighted by Crippen LogP contribution is -2.13. The number of carbonyl (C=O) groups is 2. The maximum atomic E-state index is 12.0. The summed E-state index contributed by atoms with van der Waals surface area (Å²) in [5.74, 6) is 0.957. The summed E-state index contributed by atoms with van der Waals surface area (Å²) < 4.78 is 17.6.